The van der Waals surface area contributed by atoms with Crippen LogP contribution in [0.1, 0.15) is 25.5 Å². The molecule has 2 N–H and O–H groups in total. The van der Waals surface area contributed by atoms with Crippen molar-refractivity contribution < 1.29 is 4.74 Å². The van der Waals surface area contributed by atoms with Crippen molar-refractivity contribution in [1.29, 1.82) is 0 Å². The number of ether oxygens (including phenoxy) is 1. The molecular weight excluding hydrogens is 386 g/mol. The molecule has 156 valence electrons. The molecule has 1 aliphatic heterocycles. The van der Waals surface area contributed by atoms with Crippen LogP contribution in [0.15, 0.2) is 53.7 Å². The van der Waals surface area contributed by atoms with Crippen molar-refractivity contribution in [2.75, 3.05) is 26.7 Å². The van der Waals surface area contributed by atoms with Crippen molar-refractivity contribution in [2.45, 2.75) is 38.5 Å². The first kappa shape index (κ1) is 21.4. The van der Waals surface area contributed by atoms with Gasteiger partial charge in [-0.2, -0.15) is 0 Å². The number of hydrogen-bond donors (Lipinski definition) is 2. The number of aliphatic imine (C=N–C) groups is 1. The topological polar surface area (TPSA) is 61.8 Å². The van der Waals surface area contributed by atoms with Crippen molar-refractivity contribution in [3.8, 4) is 5.75 Å². The Kier molecular flexibility index (Phi) is 8.14. The van der Waals surface area contributed by atoms with Gasteiger partial charge in [0.15, 0.2) is 5.96 Å². The summed E-state index contributed by atoms with van der Waals surface area (Å²) in [6, 6.07) is 13.9. The predicted molar refractivity (Wildman–Crippen MR) is 119 cm³/mol. The number of guanidine groups is 1. The lowest BCUT2D eigenvalue weighted by molar-refractivity contribution is 0.195. The lowest BCUT2D eigenvalue weighted by Crippen LogP contribution is -2.49. The van der Waals surface area contributed by atoms with Gasteiger partial charge in [-0.3, -0.25) is 14.9 Å². The molecule has 6 nitrogen and oxygen atoms in total. The minimum absolute atomic E-state index is 0.00921. The highest BCUT2D eigenvalue weighted by Crippen LogP contribution is 2.16. The van der Waals surface area contributed by atoms with Gasteiger partial charge in [-0.05, 0) is 56.2 Å². The maximum atomic E-state index is 5.91. The zero-order valence-electron chi connectivity index (χ0n) is 17.1. The van der Waals surface area contributed by atoms with E-state index in [1.165, 1.54) is 0 Å². The van der Waals surface area contributed by atoms with Gasteiger partial charge >= 0.3 is 0 Å². The van der Waals surface area contributed by atoms with Crippen molar-refractivity contribution in [1.82, 2.24) is 20.5 Å². The largest absolute Gasteiger partial charge is 0.489 e. The van der Waals surface area contributed by atoms with Gasteiger partial charge in [0.2, 0.25) is 0 Å². The summed E-state index contributed by atoms with van der Waals surface area (Å²) >= 11 is 5.91. The third-order valence-electron chi connectivity index (χ3n) is 4.97. The summed E-state index contributed by atoms with van der Waals surface area (Å²) in [5.41, 5.74) is 1.13. The molecule has 2 heterocycles. The smallest absolute Gasteiger partial charge is 0.191 e. The Morgan fingerprint density at radius 3 is 2.66 bits per heavy atom. The first-order valence-electron chi connectivity index (χ1n) is 10.1. The third kappa shape index (κ3) is 7.22. The summed E-state index contributed by atoms with van der Waals surface area (Å²) in [4.78, 5) is 11.2. The number of aromatic nitrogens is 1. The summed E-state index contributed by atoms with van der Waals surface area (Å²) in [5.74, 6) is 1.63. The number of nitrogens with one attached hydrogen (secondary N) is 2. The number of piperidine rings is 1. The molecule has 0 bridgehead atoms. The molecular formula is C22H30ClN5O. The van der Waals surface area contributed by atoms with E-state index in [0.717, 1.165) is 49.9 Å². The number of nitrogens with zero attached hydrogens (tertiary/aromatic N) is 3. The molecule has 29 heavy (non-hydrogen) atoms. The van der Waals surface area contributed by atoms with Gasteiger partial charge in [0, 0.05) is 43.9 Å². The molecule has 1 atom stereocenters. The van der Waals surface area contributed by atoms with Crippen LogP contribution in [0.5, 0.6) is 5.75 Å². The lowest BCUT2D eigenvalue weighted by Gasteiger charge is -2.33. The third-order valence-corrected chi connectivity index (χ3v) is 5.22. The fraction of sp³-hybridized carbons (Fsp3) is 0.455. The average Bonchev–Trinajstić information content (AvgIpc) is 2.75. The molecule has 3 rings (SSSR count). The van der Waals surface area contributed by atoms with Crippen LogP contribution in [-0.4, -0.2) is 54.7 Å². The van der Waals surface area contributed by atoms with Crippen LogP contribution in [0.3, 0.4) is 0 Å². The molecule has 1 saturated heterocycles. The van der Waals surface area contributed by atoms with E-state index in [-0.39, 0.29) is 6.10 Å². The van der Waals surface area contributed by atoms with E-state index in [9.17, 15) is 0 Å². The number of halogens is 1. The van der Waals surface area contributed by atoms with Crippen molar-refractivity contribution in [3.05, 3.63) is 59.4 Å². The van der Waals surface area contributed by atoms with Crippen LogP contribution in [0.2, 0.25) is 5.02 Å². The van der Waals surface area contributed by atoms with E-state index in [1.54, 1.807) is 7.05 Å². The van der Waals surface area contributed by atoms with Crippen molar-refractivity contribution in [3.63, 3.8) is 0 Å². The molecule has 1 fully saturated rings. The van der Waals surface area contributed by atoms with E-state index >= 15 is 0 Å². The van der Waals surface area contributed by atoms with Crippen LogP contribution in [0.25, 0.3) is 0 Å². The van der Waals surface area contributed by atoms with E-state index in [2.05, 4.69) is 31.6 Å². The molecule has 0 saturated carbocycles. The zero-order valence-corrected chi connectivity index (χ0v) is 17.9. The Hall–Kier alpha value is -2.31. The summed E-state index contributed by atoms with van der Waals surface area (Å²) in [6.45, 7) is 5.73. The van der Waals surface area contributed by atoms with Gasteiger partial charge in [-0.25, -0.2) is 0 Å². The lowest BCUT2D eigenvalue weighted by atomic mass is 10.0. The second kappa shape index (κ2) is 11.0. The predicted octanol–water partition coefficient (Wildman–Crippen LogP) is 3.33. The molecule has 1 aromatic heterocycles. The standard InChI is InChI=1S/C22H30ClN5O/c1-17(29-21-8-6-18(23)7-9-21)15-26-22(24-2)27-19-10-13-28(14-11-19)16-20-5-3-4-12-25-20/h3-9,12,17,19H,10-11,13-16H2,1-2H3,(H2,24,26,27). The summed E-state index contributed by atoms with van der Waals surface area (Å²) in [6.07, 6.45) is 4.04. The van der Waals surface area contributed by atoms with Crippen LogP contribution in [0, 0.1) is 0 Å². The van der Waals surface area contributed by atoms with Gasteiger partial charge in [0.05, 0.1) is 12.2 Å². The van der Waals surface area contributed by atoms with E-state index in [1.807, 2.05) is 49.5 Å². The van der Waals surface area contributed by atoms with Gasteiger partial charge in [0.1, 0.15) is 11.9 Å². The normalized spacial score (nSPS) is 17.0. The summed E-state index contributed by atoms with van der Waals surface area (Å²) in [7, 11) is 1.80. The fourth-order valence-electron chi connectivity index (χ4n) is 3.37. The quantitative estimate of drug-likeness (QED) is 0.536. The number of pyridine rings is 1. The van der Waals surface area contributed by atoms with E-state index in [0.29, 0.717) is 17.6 Å². The Bertz CT molecular complexity index is 761. The number of benzene rings is 1. The molecule has 1 aromatic carbocycles. The van der Waals surface area contributed by atoms with E-state index < -0.39 is 0 Å². The van der Waals surface area contributed by atoms with Crippen LogP contribution < -0.4 is 15.4 Å². The molecule has 1 aliphatic rings. The Balaban J connectivity index is 1.37. The Labute approximate surface area is 178 Å². The van der Waals surface area contributed by atoms with Gasteiger partial charge < -0.3 is 15.4 Å². The molecule has 1 unspecified atom stereocenters. The maximum absolute atomic E-state index is 5.91. The SMILES string of the molecule is CN=C(NCC(C)Oc1ccc(Cl)cc1)NC1CCN(Cc2ccccn2)CC1. The van der Waals surface area contributed by atoms with Crippen LogP contribution in [-0.2, 0) is 6.54 Å². The second-order valence-electron chi connectivity index (χ2n) is 7.35. The summed E-state index contributed by atoms with van der Waals surface area (Å²) in [5, 5.41) is 7.61. The Morgan fingerprint density at radius 1 is 1.24 bits per heavy atom. The van der Waals surface area contributed by atoms with Gasteiger partial charge in [0.25, 0.3) is 0 Å². The molecule has 2 aromatic rings. The molecule has 0 radical (unpaired) electrons. The monoisotopic (exact) mass is 415 g/mol. The molecule has 7 heteroatoms. The Morgan fingerprint density at radius 2 is 2.00 bits per heavy atom. The zero-order chi connectivity index (χ0) is 20.5. The first-order valence-corrected chi connectivity index (χ1v) is 10.5. The molecule has 0 spiro atoms. The number of likely N-dealkylation sites (tertiary alicyclic amines) is 1. The van der Waals surface area contributed by atoms with Crippen LogP contribution >= 0.6 is 11.6 Å². The number of rotatable bonds is 7. The molecule has 0 amide bonds. The summed E-state index contributed by atoms with van der Waals surface area (Å²) < 4.78 is 5.91. The maximum Gasteiger partial charge on any atom is 0.191 e. The minimum Gasteiger partial charge on any atom is -0.489 e. The highest BCUT2D eigenvalue weighted by Gasteiger charge is 2.20. The van der Waals surface area contributed by atoms with Gasteiger partial charge in [-0.1, -0.05) is 17.7 Å². The van der Waals surface area contributed by atoms with Crippen molar-refractivity contribution in [2.24, 2.45) is 4.99 Å². The highest BCUT2D eigenvalue weighted by molar-refractivity contribution is 6.30. The van der Waals surface area contributed by atoms with E-state index in [4.69, 9.17) is 16.3 Å². The molecule has 0 aliphatic carbocycles. The van der Waals surface area contributed by atoms with Crippen LogP contribution in [0.4, 0.5) is 0 Å². The van der Waals surface area contributed by atoms with Gasteiger partial charge in [-0.15, -0.1) is 0 Å². The second-order valence-corrected chi connectivity index (χ2v) is 7.79. The highest BCUT2D eigenvalue weighted by atomic mass is 35.5. The van der Waals surface area contributed by atoms with Crippen molar-refractivity contribution >= 4 is 17.6 Å². The first-order chi connectivity index (χ1) is 14.1. The average molecular weight is 416 g/mol. The minimum atomic E-state index is 0.00921. The number of hydrogen-bond acceptors (Lipinski definition) is 4. The fourth-order valence-corrected chi connectivity index (χ4v) is 3.50.